The maximum Gasteiger partial charge on any atom is 0.227 e. The lowest BCUT2D eigenvalue weighted by Gasteiger charge is -2.32. The number of hydrogen-bond donors (Lipinski definition) is 2. The molecule has 160 valence electrons. The third-order valence-electron chi connectivity index (χ3n) is 6.48. The molecule has 4 aromatic heterocycles. The Bertz CT molecular complexity index is 1320. The molecule has 8 heteroatoms. The van der Waals surface area contributed by atoms with Crippen molar-refractivity contribution in [3.63, 3.8) is 0 Å². The highest BCUT2D eigenvalue weighted by molar-refractivity contribution is 7.21. The van der Waals surface area contributed by atoms with Crippen molar-refractivity contribution < 1.29 is 4.74 Å². The van der Waals surface area contributed by atoms with Gasteiger partial charge in [0.1, 0.15) is 11.9 Å². The van der Waals surface area contributed by atoms with E-state index in [2.05, 4.69) is 59.5 Å². The first kappa shape index (κ1) is 19.0. The van der Waals surface area contributed by atoms with Crippen molar-refractivity contribution in [1.29, 1.82) is 0 Å². The zero-order valence-corrected chi connectivity index (χ0v) is 18.8. The predicted octanol–water partition coefficient (Wildman–Crippen LogP) is 4.27. The molecule has 0 amide bonds. The molecule has 0 aliphatic carbocycles. The summed E-state index contributed by atoms with van der Waals surface area (Å²) < 4.78 is 9.58. The van der Waals surface area contributed by atoms with Crippen molar-refractivity contribution in [2.45, 2.75) is 45.1 Å². The number of thiophene rings is 1. The number of ether oxygens (including phenoxy) is 1. The van der Waals surface area contributed by atoms with Crippen LogP contribution in [-0.2, 0) is 4.74 Å². The van der Waals surface area contributed by atoms with Crippen LogP contribution in [0.15, 0.2) is 29.6 Å². The summed E-state index contributed by atoms with van der Waals surface area (Å²) in [6, 6.07) is 4.40. The standard InChI is InChI=1S/C23H26N6OS/c1-13(2)18-19(15-8-14(3)21-26-12-27-29(21)10-15)28-16-9-17(31-20(16)18)22-25-11-23(30-22)4-6-24-7-5-23/h8-10,12-13,24,28H,4-7,11H2,1-3H3. The number of pyridine rings is 1. The fourth-order valence-corrected chi connectivity index (χ4v) is 6.13. The Morgan fingerprint density at radius 1 is 1.23 bits per heavy atom. The number of nitrogens with one attached hydrogen (secondary N) is 2. The molecule has 6 heterocycles. The van der Waals surface area contributed by atoms with Crippen molar-refractivity contribution in [2.75, 3.05) is 19.6 Å². The van der Waals surface area contributed by atoms with Crippen LogP contribution < -0.4 is 5.32 Å². The predicted molar refractivity (Wildman–Crippen MR) is 124 cm³/mol. The van der Waals surface area contributed by atoms with Crippen LogP contribution in [0.5, 0.6) is 0 Å². The van der Waals surface area contributed by atoms with Gasteiger partial charge in [0.05, 0.1) is 27.3 Å². The second kappa shape index (κ2) is 6.90. The zero-order valence-electron chi connectivity index (χ0n) is 18.0. The Balaban J connectivity index is 1.41. The fourth-order valence-electron chi connectivity index (χ4n) is 4.87. The molecule has 1 spiro atoms. The Hall–Kier alpha value is -2.71. The monoisotopic (exact) mass is 434 g/mol. The fraction of sp³-hybridized carbons (Fsp3) is 0.435. The largest absolute Gasteiger partial charge is 0.468 e. The minimum absolute atomic E-state index is 0.102. The van der Waals surface area contributed by atoms with Gasteiger partial charge in [-0.3, -0.25) is 0 Å². The van der Waals surface area contributed by atoms with Crippen molar-refractivity contribution in [1.82, 2.24) is 24.9 Å². The first-order valence-electron chi connectivity index (χ1n) is 10.9. The molecule has 0 unspecified atom stereocenters. The Labute approximate surface area is 184 Å². The molecule has 1 saturated heterocycles. The first-order valence-corrected chi connectivity index (χ1v) is 11.7. The second-order valence-corrected chi connectivity index (χ2v) is 10.1. The number of piperidine rings is 1. The molecule has 2 N–H and O–H groups in total. The van der Waals surface area contributed by atoms with E-state index in [1.165, 1.54) is 10.3 Å². The summed E-state index contributed by atoms with van der Waals surface area (Å²) in [6.45, 7) is 9.36. The van der Waals surface area contributed by atoms with Gasteiger partial charge in [-0.1, -0.05) is 13.8 Å². The van der Waals surface area contributed by atoms with Gasteiger partial charge < -0.3 is 15.0 Å². The van der Waals surface area contributed by atoms with Crippen molar-refractivity contribution in [3.05, 3.63) is 40.7 Å². The normalized spacial score (nSPS) is 18.4. The Morgan fingerprint density at radius 3 is 2.87 bits per heavy atom. The number of hydrogen-bond acceptors (Lipinski definition) is 6. The lowest BCUT2D eigenvalue weighted by molar-refractivity contribution is 0.0546. The Kier molecular flexibility index (Phi) is 4.23. The molecule has 2 aliphatic rings. The van der Waals surface area contributed by atoms with Gasteiger partial charge in [0, 0.05) is 24.6 Å². The van der Waals surface area contributed by atoms with E-state index >= 15 is 0 Å². The molecule has 31 heavy (non-hydrogen) atoms. The molecule has 4 aromatic rings. The van der Waals surface area contributed by atoms with E-state index in [1.54, 1.807) is 17.7 Å². The SMILES string of the molecule is Cc1cc(-c2[nH]c3cc(C4=NCC5(CCNCC5)O4)sc3c2C(C)C)cn2ncnc12. The molecule has 0 bridgehead atoms. The molecule has 7 nitrogen and oxygen atoms in total. The molecule has 6 rings (SSSR count). The summed E-state index contributed by atoms with van der Waals surface area (Å²) in [6.07, 6.45) is 5.71. The molecular weight excluding hydrogens is 408 g/mol. The molecule has 0 atom stereocenters. The summed E-state index contributed by atoms with van der Waals surface area (Å²) in [5.74, 6) is 1.19. The number of H-pyrrole nitrogens is 1. The van der Waals surface area contributed by atoms with Crippen LogP contribution in [0.3, 0.4) is 0 Å². The van der Waals surface area contributed by atoms with Crippen molar-refractivity contribution in [3.8, 4) is 11.3 Å². The van der Waals surface area contributed by atoms with Crippen LogP contribution in [0.1, 0.15) is 48.6 Å². The number of nitrogens with zero attached hydrogens (tertiary/aromatic N) is 4. The van der Waals surface area contributed by atoms with Crippen LogP contribution in [-0.4, -0.2) is 50.7 Å². The number of rotatable bonds is 3. The van der Waals surface area contributed by atoms with Crippen LogP contribution in [0.4, 0.5) is 0 Å². The molecule has 2 aliphatic heterocycles. The maximum atomic E-state index is 6.43. The van der Waals surface area contributed by atoms with Crippen LogP contribution in [0, 0.1) is 6.92 Å². The Morgan fingerprint density at radius 2 is 2.06 bits per heavy atom. The van der Waals surface area contributed by atoms with E-state index in [9.17, 15) is 0 Å². The number of aromatic nitrogens is 4. The smallest absolute Gasteiger partial charge is 0.227 e. The maximum absolute atomic E-state index is 6.43. The van der Waals surface area contributed by atoms with E-state index in [4.69, 9.17) is 9.73 Å². The van der Waals surface area contributed by atoms with Gasteiger partial charge in [0.2, 0.25) is 5.90 Å². The zero-order chi connectivity index (χ0) is 21.2. The summed E-state index contributed by atoms with van der Waals surface area (Å²) in [7, 11) is 0. The summed E-state index contributed by atoms with van der Waals surface area (Å²) >= 11 is 1.78. The van der Waals surface area contributed by atoms with E-state index in [1.807, 2.05) is 4.52 Å². The summed E-state index contributed by atoms with van der Waals surface area (Å²) in [5.41, 5.74) is 6.68. The number of aromatic amines is 1. The van der Waals surface area contributed by atoms with Gasteiger partial charge in [-0.15, -0.1) is 11.3 Å². The molecule has 0 saturated carbocycles. The minimum atomic E-state index is -0.102. The van der Waals surface area contributed by atoms with E-state index in [0.717, 1.165) is 71.2 Å². The highest BCUT2D eigenvalue weighted by Crippen LogP contribution is 2.41. The van der Waals surface area contributed by atoms with Gasteiger partial charge in [-0.05, 0) is 49.2 Å². The molecule has 0 radical (unpaired) electrons. The average molecular weight is 435 g/mol. The first-order chi connectivity index (χ1) is 15.0. The van der Waals surface area contributed by atoms with Crippen LogP contribution in [0.2, 0.25) is 0 Å². The number of aliphatic imine (C=N–C) groups is 1. The molecule has 0 aromatic carbocycles. The van der Waals surface area contributed by atoms with Gasteiger partial charge in [0.15, 0.2) is 5.65 Å². The van der Waals surface area contributed by atoms with E-state index < -0.39 is 0 Å². The van der Waals surface area contributed by atoms with Crippen LogP contribution in [0.25, 0.3) is 27.1 Å². The number of aryl methyl sites for hydroxylation is 1. The van der Waals surface area contributed by atoms with E-state index in [-0.39, 0.29) is 5.60 Å². The topological polar surface area (TPSA) is 79.6 Å². The molecule has 1 fully saturated rings. The lowest BCUT2D eigenvalue weighted by atomic mass is 9.93. The van der Waals surface area contributed by atoms with Crippen molar-refractivity contribution >= 4 is 33.1 Å². The lowest BCUT2D eigenvalue weighted by Crippen LogP contribution is -2.44. The van der Waals surface area contributed by atoms with Gasteiger partial charge in [-0.25, -0.2) is 14.5 Å². The third-order valence-corrected chi connectivity index (χ3v) is 7.64. The van der Waals surface area contributed by atoms with Gasteiger partial charge >= 0.3 is 0 Å². The quantitative estimate of drug-likeness (QED) is 0.505. The van der Waals surface area contributed by atoms with Crippen LogP contribution >= 0.6 is 11.3 Å². The summed E-state index contributed by atoms with van der Waals surface area (Å²) in [5, 5.41) is 7.77. The summed E-state index contributed by atoms with van der Waals surface area (Å²) in [4.78, 5) is 14.0. The minimum Gasteiger partial charge on any atom is -0.468 e. The van der Waals surface area contributed by atoms with Crippen molar-refractivity contribution in [2.24, 2.45) is 4.99 Å². The van der Waals surface area contributed by atoms with Gasteiger partial charge in [-0.2, -0.15) is 5.10 Å². The molecular formula is C23H26N6OS. The van der Waals surface area contributed by atoms with E-state index in [0.29, 0.717) is 5.92 Å². The second-order valence-electron chi connectivity index (χ2n) is 9.02. The number of fused-ring (bicyclic) bond motifs is 2. The highest BCUT2D eigenvalue weighted by atomic mass is 32.1. The van der Waals surface area contributed by atoms with Gasteiger partial charge in [0.25, 0.3) is 0 Å². The highest BCUT2D eigenvalue weighted by Gasteiger charge is 2.40. The third kappa shape index (κ3) is 3.00. The average Bonchev–Trinajstić information content (AvgIpc) is 3.50.